The Morgan fingerprint density at radius 3 is 2.93 bits per heavy atom. The largest absolute Gasteiger partial charge is 0.485 e. The minimum atomic E-state index is 0.335. The minimum Gasteiger partial charge on any atom is -0.485 e. The number of hydrogen-bond acceptors (Lipinski definition) is 6. The zero-order chi connectivity index (χ0) is 18.6. The Morgan fingerprint density at radius 1 is 1.22 bits per heavy atom. The van der Waals surface area contributed by atoms with Gasteiger partial charge in [-0.2, -0.15) is 9.78 Å². The fourth-order valence-electron chi connectivity index (χ4n) is 2.49. The summed E-state index contributed by atoms with van der Waals surface area (Å²) < 4.78 is 18.7. The Hall–Kier alpha value is -3.39. The molecule has 0 spiro atoms. The van der Waals surface area contributed by atoms with E-state index in [1.54, 1.807) is 24.6 Å². The van der Waals surface area contributed by atoms with Crippen molar-refractivity contribution in [3.63, 3.8) is 0 Å². The van der Waals surface area contributed by atoms with Crippen LogP contribution in [-0.4, -0.2) is 21.1 Å². The molecule has 7 nitrogen and oxygen atoms in total. The molecule has 0 amide bonds. The lowest BCUT2D eigenvalue weighted by molar-refractivity contribution is 0.268. The molecular weight excluding hydrogens is 364 g/mol. The highest BCUT2D eigenvalue weighted by Gasteiger charge is 2.10. The molecule has 3 heterocycles. The van der Waals surface area contributed by atoms with Crippen molar-refractivity contribution < 1.29 is 13.6 Å². The monoisotopic (exact) mass is 380 g/mol. The third-order valence-electron chi connectivity index (χ3n) is 3.84. The van der Waals surface area contributed by atoms with Crippen molar-refractivity contribution in [2.45, 2.75) is 13.5 Å². The summed E-state index contributed by atoms with van der Waals surface area (Å²) in [6.07, 6.45) is 3.13. The van der Waals surface area contributed by atoms with Gasteiger partial charge in [0, 0.05) is 0 Å². The lowest BCUT2D eigenvalue weighted by atomic mass is 10.2. The Kier molecular flexibility index (Phi) is 4.71. The summed E-state index contributed by atoms with van der Waals surface area (Å²) in [4.78, 5) is 0. The number of ether oxygens (including phenoxy) is 1. The van der Waals surface area contributed by atoms with Gasteiger partial charge in [-0.15, -0.1) is 5.10 Å². The predicted molar refractivity (Wildman–Crippen MR) is 102 cm³/mol. The molecule has 8 heteroatoms. The summed E-state index contributed by atoms with van der Waals surface area (Å²) in [6, 6.07) is 15.1. The number of para-hydroxylation sites is 1. The normalized spacial score (nSPS) is 11.3. The van der Waals surface area contributed by atoms with Crippen molar-refractivity contribution in [2.75, 3.05) is 0 Å². The third kappa shape index (κ3) is 3.75. The van der Waals surface area contributed by atoms with Crippen LogP contribution in [0.1, 0.15) is 17.1 Å². The van der Waals surface area contributed by atoms with Crippen molar-refractivity contribution in [3.8, 4) is 17.3 Å². The molecule has 3 aromatic heterocycles. The lowest BCUT2D eigenvalue weighted by Gasteiger charge is -2.06. The van der Waals surface area contributed by atoms with Gasteiger partial charge in [-0.1, -0.05) is 18.2 Å². The van der Waals surface area contributed by atoms with Crippen molar-refractivity contribution >= 4 is 18.4 Å². The van der Waals surface area contributed by atoms with Gasteiger partial charge in [0.2, 0.25) is 10.6 Å². The Labute approximate surface area is 159 Å². The fraction of sp³-hybridized carbons (Fsp3) is 0.105. The second-order valence-electron chi connectivity index (χ2n) is 5.74. The molecule has 0 atom stereocenters. The van der Waals surface area contributed by atoms with E-state index >= 15 is 0 Å². The van der Waals surface area contributed by atoms with E-state index in [1.807, 2.05) is 43.3 Å². The number of hydrogen-bond donors (Lipinski definition) is 1. The van der Waals surface area contributed by atoms with Crippen LogP contribution in [0.25, 0.3) is 11.6 Å². The maximum Gasteiger partial charge on any atom is 0.219 e. The number of nitrogens with one attached hydrogen (secondary N) is 1. The van der Waals surface area contributed by atoms with Crippen LogP contribution < -0.4 is 4.74 Å². The molecule has 0 aliphatic heterocycles. The number of aryl methyl sites for hydroxylation is 1. The smallest absolute Gasteiger partial charge is 0.219 e. The van der Waals surface area contributed by atoms with Crippen LogP contribution in [0.3, 0.4) is 0 Å². The lowest BCUT2D eigenvalue weighted by Crippen LogP contribution is -1.95. The first-order chi connectivity index (χ1) is 13.2. The van der Waals surface area contributed by atoms with Crippen LogP contribution in [0.5, 0.6) is 5.75 Å². The SMILES string of the molecule is Cc1ccccc1OCc1ccc(/C=N\n2c(-c3ccco3)n[nH]c2=S)o1. The first kappa shape index (κ1) is 17.0. The number of furan rings is 2. The van der Waals surface area contributed by atoms with Gasteiger partial charge in [0.15, 0.2) is 5.76 Å². The number of benzene rings is 1. The highest BCUT2D eigenvalue weighted by atomic mass is 32.1. The van der Waals surface area contributed by atoms with Crippen LogP contribution in [0.4, 0.5) is 0 Å². The number of rotatable bonds is 6. The van der Waals surface area contributed by atoms with Gasteiger partial charge in [-0.3, -0.25) is 0 Å². The average molecular weight is 380 g/mol. The Bertz CT molecular complexity index is 1120. The molecule has 0 aliphatic rings. The van der Waals surface area contributed by atoms with Gasteiger partial charge in [-0.05, 0) is 55.0 Å². The molecule has 136 valence electrons. The number of aromatic amines is 1. The van der Waals surface area contributed by atoms with Crippen LogP contribution in [0.15, 0.2) is 68.7 Å². The molecule has 4 rings (SSSR count). The third-order valence-corrected chi connectivity index (χ3v) is 4.10. The zero-order valence-corrected chi connectivity index (χ0v) is 15.3. The summed E-state index contributed by atoms with van der Waals surface area (Å²) in [5.74, 6) is 3.15. The topological polar surface area (TPSA) is 81.5 Å². The van der Waals surface area contributed by atoms with Crippen LogP contribution in [-0.2, 0) is 6.61 Å². The maximum absolute atomic E-state index is 5.79. The van der Waals surface area contributed by atoms with E-state index < -0.39 is 0 Å². The van der Waals surface area contributed by atoms with Gasteiger partial charge in [-0.25, -0.2) is 5.10 Å². The molecular formula is C19H16N4O3S. The molecule has 0 saturated heterocycles. The highest BCUT2D eigenvalue weighted by molar-refractivity contribution is 7.71. The zero-order valence-electron chi connectivity index (χ0n) is 14.5. The average Bonchev–Trinajstić information content (AvgIpc) is 3.40. The second-order valence-corrected chi connectivity index (χ2v) is 6.13. The second kappa shape index (κ2) is 7.46. The Balaban J connectivity index is 1.48. The summed E-state index contributed by atoms with van der Waals surface area (Å²) >= 11 is 5.21. The van der Waals surface area contributed by atoms with Gasteiger partial charge in [0.25, 0.3) is 0 Å². The van der Waals surface area contributed by atoms with Crippen molar-refractivity contribution in [1.29, 1.82) is 0 Å². The van der Waals surface area contributed by atoms with E-state index in [1.165, 1.54) is 4.68 Å². The highest BCUT2D eigenvalue weighted by Crippen LogP contribution is 2.19. The minimum absolute atomic E-state index is 0.335. The van der Waals surface area contributed by atoms with E-state index in [4.69, 9.17) is 25.8 Å². The number of H-pyrrole nitrogens is 1. The molecule has 0 unspecified atom stereocenters. The number of nitrogens with zero attached hydrogens (tertiary/aromatic N) is 3. The predicted octanol–water partition coefficient (Wildman–Crippen LogP) is 4.56. The summed E-state index contributed by atoms with van der Waals surface area (Å²) in [5, 5.41) is 11.2. The first-order valence-electron chi connectivity index (χ1n) is 8.23. The summed E-state index contributed by atoms with van der Waals surface area (Å²) in [5.41, 5.74) is 1.07. The van der Waals surface area contributed by atoms with Gasteiger partial charge in [0.1, 0.15) is 23.9 Å². The molecule has 0 aliphatic carbocycles. The summed E-state index contributed by atoms with van der Waals surface area (Å²) in [6.45, 7) is 2.34. The molecule has 0 radical (unpaired) electrons. The van der Waals surface area contributed by atoms with E-state index in [9.17, 15) is 0 Å². The van der Waals surface area contributed by atoms with E-state index in [0.29, 0.717) is 34.5 Å². The standard InChI is InChI=1S/C19H16N4O3S/c1-13-5-2-3-6-16(13)25-12-15-9-8-14(26-15)11-20-23-18(21-22-19(23)27)17-7-4-10-24-17/h2-11H,12H2,1H3,(H,22,27)/b20-11-. The van der Waals surface area contributed by atoms with Crippen molar-refractivity contribution in [2.24, 2.45) is 5.10 Å². The summed E-state index contributed by atoms with van der Waals surface area (Å²) in [7, 11) is 0. The van der Waals surface area contributed by atoms with Crippen LogP contribution >= 0.6 is 12.2 Å². The maximum atomic E-state index is 5.79. The first-order valence-corrected chi connectivity index (χ1v) is 8.64. The molecule has 1 aromatic carbocycles. The fourth-order valence-corrected chi connectivity index (χ4v) is 2.67. The number of aromatic nitrogens is 3. The van der Waals surface area contributed by atoms with Gasteiger partial charge < -0.3 is 13.6 Å². The van der Waals surface area contributed by atoms with Crippen LogP contribution in [0, 0.1) is 11.7 Å². The molecule has 1 N–H and O–H groups in total. The quantitative estimate of drug-likeness (QED) is 0.392. The van der Waals surface area contributed by atoms with Crippen LogP contribution in [0.2, 0.25) is 0 Å². The molecule has 0 fully saturated rings. The van der Waals surface area contributed by atoms with Crippen molar-refractivity contribution in [1.82, 2.24) is 14.9 Å². The molecule has 27 heavy (non-hydrogen) atoms. The molecule has 0 saturated carbocycles. The van der Waals surface area contributed by atoms with E-state index in [-0.39, 0.29) is 0 Å². The van der Waals surface area contributed by atoms with E-state index in [2.05, 4.69) is 15.3 Å². The van der Waals surface area contributed by atoms with Gasteiger partial charge in [0.05, 0.1) is 12.5 Å². The van der Waals surface area contributed by atoms with Gasteiger partial charge >= 0.3 is 0 Å². The molecule has 4 aromatic rings. The Morgan fingerprint density at radius 2 is 2.11 bits per heavy atom. The molecule has 0 bridgehead atoms. The van der Waals surface area contributed by atoms with Crippen molar-refractivity contribution in [3.05, 3.63) is 76.6 Å². The van der Waals surface area contributed by atoms with E-state index in [0.717, 1.165) is 11.3 Å².